The Bertz CT molecular complexity index is 1300. The van der Waals surface area contributed by atoms with Crippen molar-refractivity contribution in [1.29, 1.82) is 0 Å². The fourth-order valence-corrected chi connectivity index (χ4v) is 7.79. The highest BCUT2D eigenvalue weighted by Gasteiger charge is 2.53. The van der Waals surface area contributed by atoms with E-state index in [0.29, 0.717) is 29.3 Å². The van der Waals surface area contributed by atoms with E-state index in [-0.39, 0.29) is 29.9 Å². The molecule has 0 radical (unpaired) electrons. The summed E-state index contributed by atoms with van der Waals surface area (Å²) in [5, 5.41) is 13.7. The first-order valence-electron chi connectivity index (χ1n) is 12.9. The van der Waals surface area contributed by atoms with Crippen molar-refractivity contribution in [1.82, 2.24) is 10.0 Å². The zero-order valence-electron chi connectivity index (χ0n) is 21.5. The van der Waals surface area contributed by atoms with E-state index < -0.39 is 33.0 Å². The third-order valence-electron chi connectivity index (χ3n) is 7.83. The van der Waals surface area contributed by atoms with Gasteiger partial charge in [0.15, 0.2) is 0 Å². The summed E-state index contributed by atoms with van der Waals surface area (Å²) in [7, 11) is -3.64. The number of carboxylic acid groups (broad SMARTS) is 1. The maximum Gasteiger partial charge on any atom is 0.304 e. The van der Waals surface area contributed by atoms with Gasteiger partial charge in [-0.25, -0.2) is 13.1 Å². The van der Waals surface area contributed by atoms with Gasteiger partial charge in [-0.05, 0) is 73.4 Å². The molecular weight excluding hydrogens is 547 g/mol. The molecule has 4 unspecified atom stereocenters. The average Bonchev–Trinajstić information content (AvgIpc) is 3.67. The molecule has 1 amide bonds. The molecule has 0 aromatic heterocycles. The lowest BCUT2D eigenvalue weighted by Gasteiger charge is -2.46. The number of hydrogen-bond acceptors (Lipinski definition) is 4. The van der Waals surface area contributed by atoms with Crippen LogP contribution in [0.25, 0.3) is 0 Å². The van der Waals surface area contributed by atoms with Crippen LogP contribution in [0.2, 0.25) is 10.0 Å². The van der Waals surface area contributed by atoms with E-state index in [4.69, 9.17) is 23.2 Å². The van der Waals surface area contributed by atoms with Crippen molar-refractivity contribution in [2.75, 3.05) is 5.75 Å². The van der Waals surface area contributed by atoms with Crippen molar-refractivity contribution < 1.29 is 23.1 Å². The van der Waals surface area contributed by atoms with E-state index in [2.05, 4.69) is 10.0 Å². The molecule has 206 valence electrons. The van der Waals surface area contributed by atoms with Gasteiger partial charge in [0.2, 0.25) is 15.9 Å². The van der Waals surface area contributed by atoms with Gasteiger partial charge >= 0.3 is 5.97 Å². The third-order valence-corrected chi connectivity index (χ3v) is 9.93. The number of aliphatic carboxylic acids is 1. The van der Waals surface area contributed by atoms with Crippen LogP contribution >= 0.6 is 23.2 Å². The van der Waals surface area contributed by atoms with Crippen LogP contribution in [0.1, 0.15) is 69.4 Å². The summed E-state index contributed by atoms with van der Waals surface area (Å²) in [6.45, 7) is 3.49. The van der Waals surface area contributed by atoms with Gasteiger partial charge in [0.25, 0.3) is 0 Å². The average molecular weight is 582 g/mol. The summed E-state index contributed by atoms with van der Waals surface area (Å²) >= 11 is 12.5. The fraction of sp³-hybridized carbons (Fsp3) is 0.500. The predicted molar refractivity (Wildman–Crippen MR) is 149 cm³/mol. The van der Waals surface area contributed by atoms with E-state index >= 15 is 0 Å². The normalized spacial score (nSPS) is 25.4. The van der Waals surface area contributed by atoms with Crippen LogP contribution in [-0.2, 0) is 25.2 Å². The van der Waals surface area contributed by atoms with Gasteiger partial charge in [-0.15, -0.1) is 0 Å². The largest absolute Gasteiger partial charge is 0.481 e. The number of carbonyl (C=O) groups is 2. The topological polar surface area (TPSA) is 113 Å². The number of sulfonamides is 1. The molecule has 4 rings (SSSR count). The molecule has 2 aromatic rings. The van der Waals surface area contributed by atoms with Crippen molar-refractivity contribution >= 4 is 45.1 Å². The highest BCUT2D eigenvalue weighted by molar-refractivity contribution is 7.89. The molecule has 2 aliphatic rings. The zero-order valence-corrected chi connectivity index (χ0v) is 23.9. The summed E-state index contributed by atoms with van der Waals surface area (Å²) in [4.78, 5) is 25.1. The molecule has 2 aromatic carbocycles. The molecule has 0 bridgehead atoms. The van der Waals surface area contributed by atoms with E-state index in [9.17, 15) is 23.1 Å². The molecule has 38 heavy (non-hydrogen) atoms. The number of benzene rings is 2. The standard InChI is InChI=1S/C28H34Cl2N2O5S/c1-3-13-38(36,37)32-28(19-7-8-19,20-9-11-21(29)12-10-20)16-24-23(18-5-4-6-22(30)14-18)15-27(2,17-25(33)34)26(35)31-24/h4-6,9-12,14,19,23-24,32H,3,7-8,13,15-17H2,1-2H3,(H,31,35)(H,33,34). The second kappa shape index (κ2) is 11.2. The molecule has 3 N–H and O–H groups in total. The Kier molecular flexibility index (Phi) is 8.48. The molecule has 1 saturated heterocycles. The summed E-state index contributed by atoms with van der Waals surface area (Å²) in [5.74, 6) is -1.65. The number of carbonyl (C=O) groups excluding carboxylic acids is 1. The fourth-order valence-electron chi connectivity index (χ4n) is 5.90. The predicted octanol–water partition coefficient (Wildman–Crippen LogP) is 5.47. The molecule has 2 fully saturated rings. The summed E-state index contributed by atoms with van der Waals surface area (Å²) in [5.41, 5.74) is -0.425. The lowest BCUT2D eigenvalue weighted by Crippen LogP contribution is -2.59. The molecule has 0 spiro atoms. The first-order chi connectivity index (χ1) is 17.9. The minimum atomic E-state index is -3.64. The number of halogens is 2. The second-order valence-electron chi connectivity index (χ2n) is 11.0. The van der Waals surface area contributed by atoms with E-state index in [1.807, 2.05) is 37.3 Å². The molecule has 1 heterocycles. The molecule has 1 aliphatic carbocycles. The minimum absolute atomic E-state index is 0.0134. The van der Waals surface area contributed by atoms with Crippen LogP contribution in [0.5, 0.6) is 0 Å². The number of amides is 1. The van der Waals surface area contributed by atoms with Crippen molar-refractivity contribution in [3.05, 3.63) is 69.7 Å². The minimum Gasteiger partial charge on any atom is -0.481 e. The Morgan fingerprint density at radius 2 is 1.84 bits per heavy atom. The van der Waals surface area contributed by atoms with Crippen molar-refractivity contribution in [2.45, 2.75) is 69.9 Å². The van der Waals surface area contributed by atoms with Crippen LogP contribution in [0.3, 0.4) is 0 Å². The van der Waals surface area contributed by atoms with Gasteiger partial charge in [0.05, 0.1) is 23.1 Å². The highest BCUT2D eigenvalue weighted by atomic mass is 35.5. The van der Waals surface area contributed by atoms with Gasteiger partial charge in [-0.2, -0.15) is 0 Å². The monoisotopic (exact) mass is 580 g/mol. The number of piperidine rings is 1. The second-order valence-corrected chi connectivity index (χ2v) is 13.7. The van der Waals surface area contributed by atoms with Gasteiger partial charge in [0.1, 0.15) is 0 Å². The number of nitrogens with one attached hydrogen (secondary N) is 2. The molecule has 1 saturated carbocycles. The summed E-state index contributed by atoms with van der Waals surface area (Å²) < 4.78 is 29.5. The van der Waals surface area contributed by atoms with Crippen molar-refractivity contribution in [2.24, 2.45) is 11.3 Å². The van der Waals surface area contributed by atoms with Crippen LogP contribution in [0, 0.1) is 11.3 Å². The van der Waals surface area contributed by atoms with Gasteiger partial charge in [-0.3, -0.25) is 9.59 Å². The lowest BCUT2D eigenvalue weighted by atomic mass is 9.66. The summed E-state index contributed by atoms with van der Waals surface area (Å²) in [6.07, 6.45) is 2.44. The zero-order chi connectivity index (χ0) is 27.7. The Hall–Kier alpha value is -2.13. The Morgan fingerprint density at radius 1 is 1.16 bits per heavy atom. The van der Waals surface area contributed by atoms with Gasteiger partial charge < -0.3 is 10.4 Å². The number of rotatable bonds is 11. The van der Waals surface area contributed by atoms with E-state index in [0.717, 1.165) is 24.0 Å². The first kappa shape index (κ1) is 28.9. The maximum absolute atomic E-state index is 13.4. The van der Waals surface area contributed by atoms with Crippen molar-refractivity contribution in [3.8, 4) is 0 Å². The number of hydrogen-bond donors (Lipinski definition) is 3. The van der Waals surface area contributed by atoms with E-state index in [1.54, 1.807) is 25.1 Å². The van der Waals surface area contributed by atoms with Crippen LogP contribution in [0.15, 0.2) is 48.5 Å². The first-order valence-corrected chi connectivity index (χ1v) is 15.3. The smallest absolute Gasteiger partial charge is 0.304 e. The Balaban J connectivity index is 1.81. The molecular formula is C28H34Cl2N2O5S. The third kappa shape index (κ3) is 6.36. The molecule has 1 aliphatic heterocycles. The number of carboxylic acids is 1. The van der Waals surface area contributed by atoms with E-state index in [1.165, 1.54) is 0 Å². The SMILES string of the molecule is CCCS(=O)(=O)NC(CC1NC(=O)C(C)(CC(=O)O)CC1c1cccc(Cl)c1)(c1ccc(Cl)cc1)C1CC1. The van der Waals surface area contributed by atoms with Gasteiger partial charge in [0, 0.05) is 22.0 Å². The Morgan fingerprint density at radius 3 is 2.42 bits per heavy atom. The molecule has 7 nitrogen and oxygen atoms in total. The van der Waals surface area contributed by atoms with Crippen LogP contribution in [0.4, 0.5) is 0 Å². The molecule has 4 atom stereocenters. The maximum atomic E-state index is 13.4. The molecule has 10 heteroatoms. The quantitative estimate of drug-likeness (QED) is 0.326. The highest BCUT2D eigenvalue weighted by Crippen LogP contribution is 2.52. The lowest BCUT2D eigenvalue weighted by molar-refractivity contribution is -0.147. The van der Waals surface area contributed by atoms with Gasteiger partial charge in [-0.1, -0.05) is 61.3 Å². The Labute approximate surface area is 234 Å². The summed E-state index contributed by atoms with van der Waals surface area (Å²) in [6, 6.07) is 14.1. The van der Waals surface area contributed by atoms with Crippen LogP contribution < -0.4 is 10.0 Å². The van der Waals surface area contributed by atoms with Crippen LogP contribution in [-0.4, -0.2) is 37.2 Å². The van der Waals surface area contributed by atoms with Crippen molar-refractivity contribution in [3.63, 3.8) is 0 Å².